The van der Waals surface area contributed by atoms with Gasteiger partial charge in [-0.25, -0.2) is 15.0 Å². The Morgan fingerprint density at radius 2 is 1.63 bits per heavy atom. The van der Waals surface area contributed by atoms with Crippen molar-refractivity contribution in [1.29, 1.82) is 0 Å². The SMILES string of the molecule is O=C(c1cnco1)N1CCC2(CCCN(c3ncccn3)CCN(Cc3ccccc3)C(=O)c3ccccc3OC2)CC1. The highest BCUT2D eigenvalue weighted by atomic mass is 16.5. The van der Waals surface area contributed by atoms with E-state index in [2.05, 4.69) is 19.9 Å². The van der Waals surface area contributed by atoms with Crippen LogP contribution in [0, 0.1) is 5.41 Å². The van der Waals surface area contributed by atoms with E-state index in [1.165, 1.54) is 12.6 Å². The van der Waals surface area contributed by atoms with Crippen LogP contribution in [0.2, 0.25) is 0 Å². The lowest BCUT2D eigenvalue weighted by Crippen LogP contribution is -2.46. The normalized spacial score (nSPS) is 17.8. The lowest BCUT2D eigenvalue weighted by atomic mass is 9.75. The van der Waals surface area contributed by atoms with Gasteiger partial charge in [-0.2, -0.15) is 0 Å². The van der Waals surface area contributed by atoms with E-state index in [-0.39, 0.29) is 23.0 Å². The summed E-state index contributed by atoms with van der Waals surface area (Å²) >= 11 is 0. The number of rotatable bonds is 4. The second-order valence-corrected chi connectivity index (χ2v) is 11.3. The third-order valence-corrected chi connectivity index (χ3v) is 8.52. The van der Waals surface area contributed by atoms with Crippen molar-refractivity contribution in [2.24, 2.45) is 5.41 Å². The summed E-state index contributed by atoms with van der Waals surface area (Å²) in [4.78, 5) is 45.9. The molecule has 0 saturated carbocycles. The number of likely N-dealkylation sites (tertiary alicyclic amines) is 1. The molecule has 0 aliphatic carbocycles. The Balaban J connectivity index is 1.28. The smallest absolute Gasteiger partial charge is 0.291 e. The van der Waals surface area contributed by atoms with Crippen molar-refractivity contribution in [3.05, 3.63) is 103 Å². The fraction of sp³-hybridized carbons (Fsp3) is 0.364. The molecule has 4 aromatic rings. The summed E-state index contributed by atoms with van der Waals surface area (Å²) in [7, 11) is 0. The number of hydrogen-bond acceptors (Lipinski definition) is 8. The Morgan fingerprint density at radius 1 is 0.860 bits per heavy atom. The summed E-state index contributed by atoms with van der Waals surface area (Å²) in [6.07, 6.45) is 9.62. The van der Waals surface area contributed by atoms with Gasteiger partial charge >= 0.3 is 0 Å². The maximum Gasteiger partial charge on any atom is 0.291 e. The Bertz CT molecular complexity index is 1490. The van der Waals surface area contributed by atoms with Gasteiger partial charge in [0.1, 0.15) is 5.75 Å². The Kier molecular flexibility index (Phi) is 8.62. The van der Waals surface area contributed by atoms with E-state index in [4.69, 9.17) is 9.15 Å². The molecule has 1 fully saturated rings. The first-order chi connectivity index (χ1) is 21.1. The highest BCUT2D eigenvalue weighted by Gasteiger charge is 2.38. The highest BCUT2D eigenvalue weighted by Crippen LogP contribution is 2.38. The van der Waals surface area contributed by atoms with Crippen molar-refractivity contribution in [1.82, 2.24) is 24.8 Å². The summed E-state index contributed by atoms with van der Waals surface area (Å²) < 4.78 is 11.8. The molecule has 0 atom stereocenters. The van der Waals surface area contributed by atoms with Gasteiger partial charge < -0.3 is 23.9 Å². The average molecular weight is 581 g/mol. The van der Waals surface area contributed by atoms with Gasteiger partial charge in [-0.3, -0.25) is 9.59 Å². The first kappa shape index (κ1) is 28.4. The maximum atomic E-state index is 14.1. The van der Waals surface area contributed by atoms with Gasteiger partial charge in [0.2, 0.25) is 11.7 Å². The molecule has 1 spiro atoms. The lowest BCUT2D eigenvalue weighted by Gasteiger charge is -2.42. The van der Waals surface area contributed by atoms with Crippen molar-refractivity contribution >= 4 is 17.8 Å². The monoisotopic (exact) mass is 580 g/mol. The van der Waals surface area contributed by atoms with Gasteiger partial charge in [0, 0.05) is 57.1 Å². The molecule has 222 valence electrons. The van der Waals surface area contributed by atoms with Crippen molar-refractivity contribution < 1.29 is 18.7 Å². The number of amides is 2. The van der Waals surface area contributed by atoms with Crippen LogP contribution in [0.3, 0.4) is 0 Å². The molecule has 2 aromatic carbocycles. The second kappa shape index (κ2) is 13.1. The number of ether oxygens (including phenoxy) is 1. The minimum absolute atomic E-state index is 0.0749. The minimum atomic E-state index is -0.157. The standard InChI is InChI=1S/C33H36N6O4/c40-30-27-10-4-5-11-28(27)42-24-33(13-18-37(19-14-33)31(41)29-22-34-25-43-29)12-6-17-38(32-35-15-7-16-36-32)20-21-39(30)23-26-8-2-1-3-9-26/h1-5,7-11,15-16,22,25H,6,12-14,17-21,23-24H2. The Labute approximate surface area is 251 Å². The maximum absolute atomic E-state index is 14.1. The molecule has 2 aromatic heterocycles. The van der Waals surface area contributed by atoms with Crippen molar-refractivity contribution in [3.8, 4) is 5.75 Å². The van der Waals surface area contributed by atoms with Crippen LogP contribution in [0.5, 0.6) is 5.75 Å². The van der Waals surface area contributed by atoms with E-state index in [1.54, 1.807) is 12.4 Å². The Hall–Kier alpha value is -4.73. The number of aromatic nitrogens is 3. The van der Waals surface area contributed by atoms with Gasteiger partial charge in [-0.15, -0.1) is 0 Å². The Morgan fingerprint density at radius 3 is 2.40 bits per heavy atom. The summed E-state index contributed by atoms with van der Waals surface area (Å²) in [5.74, 6) is 1.29. The number of piperidine rings is 1. The van der Waals surface area contributed by atoms with Crippen molar-refractivity contribution in [3.63, 3.8) is 0 Å². The highest BCUT2D eigenvalue weighted by molar-refractivity contribution is 5.97. The van der Waals surface area contributed by atoms with Crippen LogP contribution in [-0.2, 0) is 6.54 Å². The van der Waals surface area contributed by atoms with Crippen LogP contribution in [0.1, 0.15) is 52.2 Å². The molecule has 0 bridgehead atoms. The van der Waals surface area contributed by atoms with E-state index in [0.717, 1.165) is 37.8 Å². The quantitative estimate of drug-likeness (QED) is 0.342. The number of anilines is 1. The van der Waals surface area contributed by atoms with E-state index < -0.39 is 0 Å². The number of benzene rings is 2. The topological polar surface area (TPSA) is 105 Å². The van der Waals surface area contributed by atoms with E-state index in [9.17, 15) is 9.59 Å². The summed E-state index contributed by atoms with van der Waals surface area (Å²) in [6.45, 7) is 3.98. The van der Waals surface area contributed by atoms with E-state index in [0.29, 0.717) is 56.6 Å². The predicted molar refractivity (Wildman–Crippen MR) is 161 cm³/mol. The van der Waals surface area contributed by atoms with Crippen LogP contribution < -0.4 is 9.64 Å². The van der Waals surface area contributed by atoms with Gasteiger partial charge in [0.15, 0.2) is 6.39 Å². The minimum Gasteiger partial charge on any atom is -0.492 e. The zero-order chi connectivity index (χ0) is 29.5. The van der Waals surface area contributed by atoms with Crippen LogP contribution in [0.15, 0.2) is 90.1 Å². The molecule has 1 saturated heterocycles. The molecule has 10 nitrogen and oxygen atoms in total. The van der Waals surface area contributed by atoms with Crippen LogP contribution in [-0.4, -0.2) is 75.9 Å². The molecule has 6 rings (SSSR count). The van der Waals surface area contributed by atoms with Crippen LogP contribution in [0.25, 0.3) is 0 Å². The van der Waals surface area contributed by atoms with Crippen LogP contribution in [0.4, 0.5) is 5.95 Å². The number of oxazole rings is 1. The molecule has 0 N–H and O–H groups in total. The first-order valence-electron chi connectivity index (χ1n) is 14.9. The molecule has 0 radical (unpaired) electrons. The fourth-order valence-corrected chi connectivity index (χ4v) is 6.01. The lowest BCUT2D eigenvalue weighted by molar-refractivity contribution is 0.0345. The number of nitrogens with zero attached hydrogens (tertiary/aromatic N) is 6. The number of hydrogen-bond donors (Lipinski definition) is 0. The molecule has 4 heterocycles. The first-order valence-corrected chi connectivity index (χ1v) is 14.9. The van der Waals surface area contributed by atoms with Gasteiger partial charge in [0.25, 0.3) is 11.8 Å². The molecule has 0 unspecified atom stereocenters. The van der Waals surface area contributed by atoms with Gasteiger partial charge in [0.05, 0.1) is 18.4 Å². The van der Waals surface area contributed by atoms with Crippen molar-refractivity contribution in [2.75, 3.05) is 44.2 Å². The molecule has 2 amide bonds. The number of fused-ring (bicyclic) bond motifs is 1. The predicted octanol–water partition coefficient (Wildman–Crippen LogP) is 4.71. The summed E-state index contributed by atoms with van der Waals surface area (Å²) in [5, 5.41) is 0. The number of carbonyl (C=O) groups is 2. The molecular formula is C33H36N6O4. The van der Waals surface area contributed by atoms with Crippen molar-refractivity contribution in [2.45, 2.75) is 32.2 Å². The molecule has 43 heavy (non-hydrogen) atoms. The third kappa shape index (κ3) is 6.69. The van der Waals surface area contributed by atoms with Gasteiger partial charge in [-0.1, -0.05) is 42.5 Å². The number of para-hydroxylation sites is 1. The molecule has 2 aliphatic rings. The second-order valence-electron chi connectivity index (χ2n) is 11.3. The largest absolute Gasteiger partial charge is 0.492 e. The van der Waals surface area contributed by atoms with E-state index in [1.807, 2.05) is 70.5 Å². The molecular weight excluding hydrogens is 544 g/mol. The van der Waals surface area contributed by atoms with E-state index >= 15 is 0 Å². The average Bonchev–Trinajstić information content (AvgIpc) is 3.61. The fourth-order valence-electron chi connectivity index (χ4n) is 6.01. The molecule has 2 aliphatic heterocycles. The summed E-state index contributed by atoms with van der Waals surface area (Å²) in [6, 6.07) is 19.4. The molecule has 10 heteroatoms. The van der Waals surface area contributed by atoms with Crippen LogP contribution >= 0.6 is 0 Å². The van der Waals surface area contributed by atoms with Gasteiger partial charge in [-0.05, 0) is 49.4 Å². The third-order valence-electron chi connectivity index (χ3n) is 8.52. The zero-order valence-corrected chi connectivity index (χ0v) is 24.2. The zero-order valence-electron chi connectivity index (χ0n) is 24.2. The summed E-state index contributed by atoms with van der Waals surface area (Å²) in [5.41, 5.74) is 1.45. The number of carbonyl (C=O) groups excluding carboxylic acids is 2.